The summed E-state index contributed by atoms with van der Waals surface area (Å²) in [4.78, 5) is 22.0. The number of nitrogens with two attached hydrogens (primary N) is 1. The van der Waals surface area contributed by atoms with Crippen LogP contribution in [0.3, 0.4) is 0 Å². The lowest BCUT2D eigenvalue weighted by molar-refractivity contribution is -0.137. The summed E-state index contributed by atoms with van der Waals surface area (Å²) in [6.45, 7) is 6.27. The van der Waals surface area contributed by atoms with Crippen molar-refractivity contribution in [2.45, 2.75) is 44.9 Å². The summed E-state index contributed by atoms with van der Waals surface area (Å²) in [5.41, 5.74) is 4.94. The van der Waals surface area contributed by atoms with Gasteiger partial charge in [-0.25, -0.2) is 9.97 Å². The molecule has 0 aliphatic carbocycles. The first-order valence-corrected chi connectivity index (χ1v) is 11.1. The van der Waals surface area contributed by atoms with Crippen LogP contribution in [-0.4, -0.2) is 27.7 Å². The zero-order chi connectivity index (χ0) is 24.1. The summed E-state index contributed by atoms with van der Waals surface area (Å²) in [6, 6.07) is 2.90. The normalized spacial score (nSPS) is 19.7. The van der Waals surface area contributed by atoms with Gasteiger partial charge in [0.15, 0.2) is 0 Å². The van der Waals surface area contributed by atoms with Crippen molar-refractivity contribution in [1.29, 1.82) is 0 Å². The summed E-state index contributed by atoms with van der Waals surface area (Å²) >= 11 is 3.39. The van der Waals surface area contributed by atoms with Gasteiger partial charge in [-0.3, -0.25) is 4.79 Å². The Balaban J connectivity index is 1.82. The van der Waals surface area contributed by atoms with Crippen LogP contribution >= 0.6 is 15.9 Å². The third-order valence-corrected chi connectivity index (χ3v) is 6.58. The molecule has 7 nitrogen and oxygen atoms in total. The standard InChI is InChI=1S/C22H23BrF3N5O2/c1-11(13-6-14(22(24,25)26)8-15(27)7-13)28-19-16-9-31(21(3)4-5-33-10-21)20(32)17(23)18(16)29-12(2)30-19/h6-9,11H,4-5,10,27H2,1-3H3,(H,28,29,30)/t11-,21?/m1/s1. The lowest BCUT2D eigenvalue weighted by atomic mass is 10.0. The van der Waals surface area contributed by atoms with Crippen LogP contribution in [-0.2, 0) is 16.5 Å². The van der Waals surface area contributed by atoms with Gasteiger partial charge in [0.1, 0.15) is 16.1 Å². The topological polar surface area (TPSA) is 95.1 Å². The van der Waals surface area contributed by atoms with E-state index in [1.165, 1.54) is 6.07 Å². The van der Waals surface area contributed by atoms with Gasteiger partial charge in [0.2, 0.25) is 0 Å². The predicted octanol–water partition coefficient (Wildman–Crippen LogP) is 4.77. The Labute approximate surface area is 196 Å². The second kappa shape index (κ2) is 8.28. The molecule has 1 aromatic carbocycles. The maximum atomic E-state index is 13.3. The van der Waals surface area contributed by atoms with E-state index in [2.05, 4.69) is 31.2 Å². The van der Waals surface area contributed by atoms with E-state index in [4.69, 9.17) is 10.5 Å². The number of aromatic nitrogens is 3. The fourth-order valence-electron chi connectivity index (χ4n) is 4.00. The van der Waals surface area contributed by atoms with Crippen molar-refractivity contribution in [2.75, 3.05) is 24.3 Å². The van der Waals surface area contributed by atoms with Gasteiger partial charge in [0.25, 0.3) is 5.56 Å². The highest BCUT2D eigenvalue weighted by Crippen LogP contribution is 2.35. The van der Waals surface area contributed by atoms with E-state index in [0.29, 0.717) is 47.7 Å². The summed E-state index contributed by atoms with van der Waals surface area (Å²) < 4.78 is 47.2. The Morgan fingerprint density at radius 3 is 2.67 bits per heavy atom. The third-order valence-electron chi connectivity index (χ3n) is 5.87. The molecule has 3 aromatic rings. The summed E-state index contributed by atoms with van der Waals surface area (Å²) in [6.07, 6.45) is -2.16. The number of benzene rings is 1. The molecule has 3 heterocycles. The lowest BCUT2D eigenvalue weighted by Gasteiger charge is -2.26. The fourth-order valence-corrected chi connectivity index (χ4v) is 4.49. The van der Waals surface area contributed by atoms with Gasteiger partial charge >= 0.3 is 6.18 Å². The third kappa shape index (κ3) is 4.43. The smallest absolute Gasteiger partial charge is 0.399 e. The van der Waals surface area contributed by atoms with Crippen LogP contribution in [0.4, 0.5) is 24.7 Å². The maximum Gasteiger partial charge on any atom is 0.416 e. The molecule has 0 amide bonds. The molecular weight excluding hydrogens is 503 g/mol. The Bertz CT molecular complexity index is 1290. The lowest BCUT2D eigenvalue weighted by Crippen LogP contribution is -2.39. The predicted molar refractivity (Wildman–Crippen MR) is 123 cm³/mol. The molecule has 33 heavy (non-hydrogen) atoms. The average Bonchev–Trinajstić information content (AvgIpc) is 3.17. The van der Waals surface area contributed by atoms with E-state index >= 15 is 0 Å². The number of pyridine rings is 1. The van der Waals surface area contributed by atoms with Crippen molar-refractivity contribution in [3.8, 4) is 0 Å². The van der Waals surface area contributed by atoms with E-state index in [1.807, 2.05) is 6.92 Å². The molecule has 4 rings (SSSR count). The van der Waals surface area contributed by atoms with Gasteiger partial charge < -0.3 is 20.4 Å². The highest BCUT2D eigenvalue weighted by Gasteiger charge is 2.34. The Kier molecular flexibility index (Phi) is 5.90. The van der Waals surface area contributed by atoms with E-state index in [0.717, 1.165) is 12.1 Å². The highest BCUT2D eigenvalue weighted by molar-refractivity contribution is 9.10. The molecule has 1 aliphatic heterocycles. The molecule has 3 N–H and O–H groups in total. The van der Waals surface area contributed by atoms with E-state index in [-0.39, 0.29) is 15.7 Å². The number of hydrogen-bond donors (Lipinski definition) is 2. The molecule has 1 unspecified atom stereocenters. The van der Waals surface area contributed by atoms with Gasteiger partial charge in [-0.1, -0.05) is 0 Å². The molecular formula is C22H23BrF3N5O2. The van der Waals surface area contributed by atoms with Gasteiger partial charge in [0, 0.05) is 18.5 Å². The molecule has 2 aromatic heterocycles. The number of nitrogen functional groups attached to an aromatic ring is 1. The molecule has 1 fully saturated rings. The first-order valence-electron chi connectivity index (χ1n) is 10.3. The Morgan fingerprint density at radius 1 is 1.30 bits per heavy atom. The number of rotatable bonds is 4. The number of aryl methyl sites for hydroxylation is 1. The number of alkyl halides is 3. The van der Waals surface area contributed by atoms with Crippen molar-refractivity contribution >= 4 is 38.3 Å². The van der Waals surface area contributed by atoms with Crippen LogP contribution in [0.1, 0.15) is 43.3 Å². The van der Waals surface area contributed by atoms with E-state index in [9.17, 15) is 18.0 Å². The molecule has 0 spiro atoms. The summed E-state index contributed by atoms with van der Waals surface area (Å²) in [5, 5.41) is 3.75. The molecule has 0 bridgehead atoms. The Hall–Kier alpha value is -2.66. The van der Waals surface area contributed by atoms with Crippen LogP contribution in [0, 0.1) is 6.92 Å². The SMILES string of the molecule is Cc1nc(N[C@H](C)c2cc(N)cc(C(F)(F)F)c2)c2cn(C3(C)CCOC3)c(=O)c(Br)c2n1. The summed E-state index contributed by atoms with van der Waals surface area (Å²) in [7, 11) is 0. The average molecular weight is 526 g/mol. The fraction of sp³-hybridized carbons (Fsp3) is 0.409. The minimum atomic E-state index is -4.51. The second-order valence-corrected chi connectivity index (χ2v) is 9.34. The zero-order valence-corrected chi connectivity index (χ0v) is 19.8. The van der Waals surface area contributed by atoms with Crippen LogP contribution in [0.5, 0.6) is 0 Å². The van der Waals surface area contributed by atoms with E-state index in [1.54, 1.807) is 24.6 Å². The minimum Gasteiger partial charge on any atom is -0.399 e. The van der Waals surface area contributed by atoms with Crippen LogP contribution < -0.4 is 16.6 Å². The quantitative estimate of drug-likeness (QED) is 0.476. The monoisotopic (exact) mass is 525 g/mol. The number of fused-ring (bicyclic) bond motifs is 1. The molecule has 1 aliphatic rings. The Morgan fingerprint density at radius 2 is 2.03 bits per heavy atom. The van der Waals surface area contributed by atoms with Gasteiger partial charge in [-0.2, -0.15) is 13.2 Å². The van der Waals surface area contributed by atoms with Gasteiger partial charge in [-0.05, 0) is 66.9 Å². The van der Waals surface area contributed by atoms with Crippen LogP contribution in [0.25, 0.3) is 10.9 Å². The van der Waals surface area contributed by atoms with Crippen molar-refractivity contribution in [3.05, 3.63) is 56.2 Å². The molecule has 2 atom stereocenters. The molecule has 11 heteroatoms. The molecule has 0 saturated carbocycles. The van der Waals surface area contributed by atoms with Crippen LogP contribution in [0.2, 0.25) is 0 Å². The number of ether oxygens (including phenoxy) is 1. The largest absolute Gasteiger partial charge is 0.416 e. The molecule has 176 valence electrons. The van der Waals surface area contributed by atoms with Gasteiger partial charge in [0.05, 0.1) is 34.7 Å². The zero-order valence-electron chi connectivity index (χ0n) is 18.3. The van der Waals surface area contributed by atoms with Crippen molar-refractivity contribution in [1.82, 2.24) is 14.5 Å². The number of nitrogens with zero attached hydrogens (tertiary/aromatic N) is 3. The second-order valence-electron chi connectivity index (χ2n) is 8.55. The number of anilines is 2. The van der Waals surface area contributed by atoms with Crippen molar-refractivity contribution < 1.29 is 17.9 Å². The number of halogens is 4. The van der Waals surface area contributed by atoms with Crippen LogP contribution in [0.15, 0.2) is 33.7 Å². The molecule has 1 saturated heterocycles. The highest BCUT2D eigenvalue weighted by atomic mass is 79.9. The minimum absolute atomic E-state index is 0.0166. The van der Waals surface area contributed by atoms with Crippen molar-refractivity contribution in [3.63, 3.8) is 0 Å². The van der Waals surface area contributed by atoms with Crippen molar-refractivity contribution in [2.24, 2.45) is 0 Å². The van der Waals surface area contributed by atoms with E-state index < -0.39 is 23.3 Å². The first-order chi connectivity index (χ1) is 15.4. The summed E-state index contributed by atoms with van der Waals surface area (Å²) in [5.74, 6) is 0.812. The van der Waals surface area contributed by atoms with Gasteiger partial charge in [-0.15, -0.1) is 0 Å². The number of hydrogen-bond acceptors (Lipinski definition) is 6. The first kappa shape index (κ1) is 23.5. The number of nitrogens with one attached hydrogen (secondary N) is 1. The molecule has 0 radical (unpaired) electrons. The maximum absolute atomic E-state index is 13.3.